The molecule has 0 unspecified atom stereocenters. The van der Waals surface area contributed by atoms with Gasteiger partial charge in [0.2, 0.25) is 11.8 Å². The Morgan fingerprint density at radius 1 is 0.750 bits per heavy atom. The fourth-order valence-electron chi connectivity index (χ4n) is 2.30. The Bertz CT molecular complexity index is 330. The molecule has 0 radical (unpaired) electrons. The lowest BCUT2D eigenvalue weighted by molar-refractivity contribution is -0.133. The molecule has 0 aromatic carbocycles. The number of hydrogen-bond acceptors (Lipinski definition) is 6. The summed E-state index contributed by atoms with van der Waals surface area (Å²) in [5, 5.41) is 6.19. The van der Waals surface area contributed by atoms with E-state index in [1.807, 2.05) is 51.6 Å². The third-order valence-corrected chi connectivity index (χ3v) is 6.42. The Hall–Kier alpha value is -0.440. The number of carbonyl (C=O) groups excluding carboxylic acids is 2. The van der Waals surface area contributed by atoms with E-state index in [4.69, 9.17) is 0 Å². The van der Waals surface area contributed by atoms with Crippen molar-refractivity contribution in [3.05, 3.63) is 0 Å². The number of likely N-dealkylation sites (N-methyl/N-ethyl adjacent to an activating group) is 4. The number of rotatable bonds is 13. The molecule has 0 aliphatic carbocycles. The molecule has 0 fully saturated rings. The monoisotopic (exact) mass is 378 g/mol. The minimum absolute atomic E-state index is 0.139. The predicted molar refractivity (Wildman–Crippen MR) is 106 cm³/mol. The first-order valence-electron chi connectivity index (χ1n) is 8.66. The molecule has 0 heterocycles. The van der Waals surface area contributed by atoms with E-state index >= 15 is 0 Å². The van der Waals surface area contributed by atoms with Crippen molar-refractivity contribution in [2.24, 2.45) is 0 Å². The van der Waals surface area contributed by atoms with E-state index in [2.05, 4.69) is 10.6 Å². The third-order valence-electron chi connectivity index (χ3n) is 4.00. The van der Waals surface area contributed by atoms with Gasteiger partial charge >= 0.3 is 0 Å². The van der Waals surface area contributed by atoms with Crippen molar-refractivity contribution in [3.63, 3.8) is 0 Å². The van der Waals surface area contributed by atoms with Gasteiger partial charge in [-0.15, -0.1) is 0 Å². The van der Waals surface area contributed by atoms with Gasteiger partial charge in [0, 0.05) is 37.7 Å². The first-order valence-corrected chi connectivity index (χ1v) is 11.2. The molecule has 0 bridgehead atoms. The average molecular weight is 379 g/mol. The van der Waals surface area contributed by atoms with Crippen molar-refractivity contribution in [2.75, 3.05) is 51.8 Å². The number of amides is 2. The minimum atomic E-state index is -0.186. The first kappa shape index (κ1) is 23.6. The Morgan fingerprint density at radius 2 is 1.04 bits per heavy atom. The zero-order valence-electron chi connectivity index (χ0n) is 15.9. The first-order chi connectivity index (χ1) is 11.5. The van der Waals surface area contributed by atoms with Gasteiger partial charge in [-0.25, -0.2) is 0 Å². The van der Waals surface area contributed by atoms with E-state index in [-0.39, 0.29) is 23.9 Å². The van der Waals surface area contributed by atoms with E-state index in [1.165, 1.54) is 0 Å². The Morgan fingerprint density at radius 3 is 1.25 bits per heavy atom. The van der Waals surface area contributed by atoms with Crippen LogP contribution in [0, 0.1) is 0 Å². The number of hydrogen-bond donors (Lipinski definition) is 2. The summed E-state index contributed by atoms with van der Waals surface area (Å²) < 4.78 is 0. The quantitative estimate of drug-likeness (QED) is 0.372. The SMILES string of the molecule is CCN(CC)C(=O)[C@H](CSSC[C@H](NC)C(=O)N(CC)CC)NC. The standard InChI is InChI=1S/C16H34N4O2S2/c1-7-19(8-2)15(21)13(17-5)11-23-24-12-14(18-6)16(22)20(9-3)10-4/h13-14,17-18H,7-12H2,1-6H3/t13-,14-/m0/s1. The minimum Gasteiger partial charge on any atom is -0.342 e. The molecule has 6 nitrogen and oxygen atoms in total. The molecule has 0 aliphatic heterocycles. The molecule has 24 heavy (non-hydrogen) atoms. The highest BCUT2D eigenvalue weighted by molar-refractivity contribution is 8.76. The number of nitrogens with one attached hydrogen (secondary N) is 2. The molecule has 2 N–H and O–H groups in total. The van der Waals surface area contributed by atoms with Gasteiger partial charge in [-0.3, -0.25) is 9.59 Å². The molecule has 8 heteroatoms. The fraction of sp³-hybridized carbons (Fsp3) is 0.875. The highest BCUT2D eigenvalue weighted by Crippen LogP contribution is 2.23. The zero-order valence-corrected chi connectivity index (χ0v) is 17.6. The van der Waals surface area contributed by atoms with E-state index < -0.39 is 0 Å². The van der Waals surface area contributed by atoms with Gasteiger partial charge in [0.1, 0.15) is 0 Å². The van der Waals surface area contributed by atoms with E-state index in [1.54, 1.807) is 21.6 Å². The van der Waals surface area contributed by atoms with Crippen LogP contribution < -0.4 is 10.6 Å². The Kier molecular flexibility index (Phi) is 13.6. The van der Waals surface area contributed by atoms with Crippen LogP contribution in [0.25, 0.3) is 0 Å². The molecule has 2 atom stereocenters. The molecular formula is C16H34N4O2S2. The summed E-state index contributed by atoms with van der Waals surface area (Å²) in [5.41, 5.74) is 0. The van der Waals surface area contributed by atoms with Crippen LogP contribution in [-0.4, -0.2) is 85.5 Å². The summed E-state index contributed by atoms with van der Waals surface area (Å²) in [6, 6.07) is -0.372. The van der Waals surface area contributed by atoms with E-state index in [0.29, 0.717) is 11.5 Å². The van der Waals surface area contributed by atoms with Gasteiger partial charge in [-0.2, -0.15) is 0 Å². The van der Waals surface area contributed by atoms with Gasteiger partial charge in [0.25, 0.3) is 0 Å². The topological polar surface area (TPSA) is 64.7 Å². The van der Waals surface area contributed by atoms with Crippen molar-refractivity contribution in [1.82, 2.24) is 20.4 Å². The van der Waals surface area contributed by atoms with Crippen molar-refractivity contribution < 1.29 is 9.59 Å². The number of carbonyl (C=O) groups is 2. The highest BCUT2D eigenvalue weighted by atomic mass is 33.1. The molecule has 0 aromatic rings. The summed E-state index contributed by atoms with van der Waals surface area (Å²) in [7, 11) is 6.91. The Labute approximate surface area is 155 Å². The van der Waals surface area contributed by atoms with Crippen molar-refractivity contribution in [3.8, 4) is 0 Å². The highest BCUT2D eigenvalue weighted by Gasteiger charge is 2.23. The maximum absolute atomic E-state index is 12.4. The molecule has 0 aliphatic rings. The fourth-order valence-corrected chi connectivity index (χ4v) is 4.78. The lowest BCUT2D eigenvalue weighted by Gasteiger charge is -2.25. The molecule has 142 valence electrons. The molecule has 0 spiro atoms. The van der Waals surface area contributed by atoms with Crippen LogP contribution in [0.15, 0.2) is 0 Å². The molecule has 0 saturated heterocycles. The third kappa shape index (κ3) is 7.63. The summed E-state index contributed by atoms with van der Waals surface area (Å²) >= 11 is 0. The van der Waals surface area contributed by atoms with Gasteiger partial charge in [0.15, 0.2) is 0 Å². The van der Waals surface area contributed by atoms with Crippen LogP contribution in [0.4, 0.5) is 0 Å². The van der Waals surface area contributed by atoms with E-state index in [9.17, 15) is 9.59 Å². The second-order valence-corrected chi connectivity index (χ2v) is 7.82. The molecule has 0 saturated carbocycles. The van der Waals surface area contributed by atoms with Crippen LogP contribution in [0.5, 0.6) is 0 Å². The maximum Gasteiger partial charge on any atom is 0.240 e. The lowest BCUT2D eigenvalue weighted by Crippen LogP contribution is -2.47. The lowest BCUT2D eigenvalue weighted by atomic mass is 10.3. The van der Waals surface area contributed by atoms with Crippen molar-refractivity contribution in [2.45, 2.75) is 39.8 Å². The molecular weight excluding hydrogens is 344 g/mol. The van der Waals surface area contributed by atoms with Crippen LogP contribution in [-0.2, 0) is 9.59 Å². The molecule has 0 rings (SSSR count). The van der Waals surface area contributed by atoms with Crippen LogP contribution >= 0.6 is 21.6 Å². The molecule has 0 aromatic heterocycles. The molecule has 2 amide bonds. The normalized spacial score (nSPS) is 13.4. The van der Waals surface area contributed by atoms with Crippen LogP contribution in [0.2, 0.25) is 0 Å². The Balaban J connectivity index is 4.37. The predicted octanol–water partition coefficient (Wildman–Crippen LogP) is 1.28. The summed E-state index contributed by atoms with van der Waals surface area (Å²) in [6.07, 6.45) is 0. The summed E-state index contributed by atoms with van der Waals surface area (Å²) in [4.78, 5) is 28.4. The second kappa shape index (κ2) is 13.8. The van der Waals surface area contributed by atoms with Crippen LogP contribution in [0.3, 0.4) is 0 Å². The number of nitrogens with zero attached hydrogens (tertiary/aromatic N) is 2. The summed E-state index contributed by atoms with van der Waals surface area (Å²) in [6.45, 7) is 10.9. The van der Waals surface area contributed by atoms with E-state index in [0.717, 1.165) is 26.2 Å². The van der Waals surface area contributed by atoms with Gasteiger partial charge in [-0.05, 0) is 41.8 Å². The zero-order chi connectivity index (χ0) is 18.5. The summed E-state index contributed by atoms with van der Waals surface area (Å²) in [5.74, 6) is 1.65. The smallest absolute Gasteiger partial charge is 0.240 e. The van der Waals surface area contributed by atoms with Crippen molar-refractivity contribution >= 4 is 33.4 Å². The maximum atomic E-state index is 12.4. The van der Waals surface area contributed by atoms with Gasteiger partial charge in [0.05, 0.1) is 12.1 Å². The second-order valence-electron chi connectivity index (χ2n) is 5.27. The van der Waals surface area contributed by atoms with Crippen LogP contribution in [0.1, 0.15) is 27.7 Å². The largest absolute Gasteiger partial charge is 0.342 e. The average Bonchev–Trinajstić information content (AvgIpc) is 2.60. The van der Waals surface area contributed by atoms with Gasteiger partial charge in [-0.1, -0.05) is 21.6 Å². The van der Waals surface area contributed by atoms with Crippen molar-refractivity contribution in [1.29, 1.82) is 0 Å². The van der Waals surface area contributed by atoms with Gasteiger partial charge < -0.3 is 20.4 Å².